The second-order valence-corrected chi connectivity index (χ2v) is 12.6. The summed E-state index contributed by atoms with van der Waals surface area (Å²) in [4.78, 5) is 43.2. The highest BCUT2D eigenvalue weighted by Crippen LogP contribution is 2.28. The minimum absolute atomic E-state index is 0.0201. The molecule has 2 fully saturated rings. The average Bonchev–Trinajstić information content (AvgIpc) is 2.96. The number of piperidine rings is 1. The minimum atomic E-state index is -0.0392. The number of amides is 3. The Morgan fingerprint density at radius 2 is 1.52 bits per heavy atom. The Labute approximate surface area is 239 Å². The van der Waals surface area contributed by atoms with Crippen LogP contribution in [-0.2, 0) is 16.1 Å². The van der Waals surface area contributed by atoms with E-state index in [1.165, 1.54) is 0 Å². The van der Waals surface area contributed by atoms with Crippen molar-refractivity contribution in [2.24, 2.45) is 11.3 Å². The van der Waals surface area contributed by atoms with Crippen LogP contribution >= 0.6 is 0 Å². The molecule has 0 radical (unpaired) electrons. The number of methoxy groups -OCH3 is 1. The van der Waals surface area contributed by atoms with Crippen molar-refractivity contribution in [2.45, 2.75) is 84.3 Å². The molecule has 0 unspecified atom stereocenters. The molecule has 1 aliphatic carbocycles. The third kappa shape index (κ3) is 8.09. The van der Waals surface area contributed by atoms with Gasteiger partial charge in [0.2, 0.25) is 11.8 Å². The molecule has 1 N–H and O–H groups in total. The quantitative estimate of drug-likeness (QED) is 0.477. The second-order valence-electron chi connectivity index (χ2n) is 12.6. The van der Waals surface area contributed by atoms with Crippen LogP contribution in [0, 0.1) is 11.3 Å². The SMILES string of the molecule is COc1ccc(C(=O)N(Cc2ccccc2)C2CCC(NC(=O)C3CCN(C(=O)CC(C)(C)C)CC3)CC2)cc1. The number of hydrogen-bond donors (Lipinski definition) is 1. The zero-order valence-corrected chi connectivity index (χ0v) is 24.5. The van der Waals surface area contributed by atoms with Crippen molar-refractivity contribution in [1.29, 1.82) is 0 Å². The van der Waals surface area contributed by atoms with E-state index < -0.39 is 0 Å². The van der Waals surface area contributed by atoms with Crippen molar-refractivity contribution in [1.82, 2.24) is 15.1 Å². The Morgan fingerprint density at radius 1 is 0.900 bits per heavy atom. The zero-order chi connectivity index (χ0) is 28.7. The summed E-state index contributed by atoms with van der Waals surface area (Å²) in [7, 11) is 1.62. The van der Waals surface area contributed by atoms with E-state index in [9.17, 15) is 14.4 Å². The van der Waals surface area contributed by atoms with Gasteiger partial charge in [0.25, 0.3) is 5.91 Å². The summed E-state index contributed by atoms with van der Waals surface area (Å²) in [5, 5.41) is 3.29. The fourth-order valence-corrected chi connectivity index (χ4v) is 5.85. The van der Waals surface area contributed by atoms with Gasteiger partial charge in [-0.2, -0.15) is 0 Å². The number of ether oxygens (including phenoxy) is 1. The highest BCUT2D eigenvalue weighted by molar-refractivity contribution is 5.94. The summed E-state index contributed by atoms with van der Waals surface area (Å²) in [5.41, 5.74) is 1.73. The molecule has 1 aliphatic heterocycles. The lowest BCUT2D eigenvalue weighted by molar-refractivity contribution is -0.137. The molecule has 216 valence electrons. The molecule has 2 aliphatic rings. The number of benzene rings is 2. The lowest BCUT2D eigenvalue weighted by Gasteiger charge is -2.38. The summed E-state index contributed by atoms with van der Waals surface area (Å²) in [6.45, 7) is 8.10. The van der Waals surface area contributed by atoms with Gasteiger partial charge in [-0.15, -0.1) is 0 Å². The number of likely N-dealkylation sites (tertiary alicyclic amines) is 1. The molecule has 1 saturated carbocycles. The number of hydrogen-bond acceptors (Lipinski definition) is 4. The van der Waals surface area contributed by atoms with Crippen LogP contribution in [0.1, 0.15) is 81.6 Å². The summed E-state index contributed by atoms with van der Waals surface area (Å²) < 4.78 is 5.26. The van der Waals surface area contributed by atoms with Gasteiger partial charge in [0.15, 0.2) is 0 Å². The second kappa shape index (κ2) is 13.3. The Bertz CT molecular complexity index is 1130. The molecule has 2 aromatic rings. The molecule has 0 atom stereocenters. The minimum Gasteiger partial charge on any atom is -0.497 e. The topological polar surface area (TPSA) is 79.0 Å². The first-order valence-corrected chi connectivity index (χ1v) is 14.7. The van der Waals surface area contributed by atoms with E-state index in [-0.39, 0.29) is 41.1 Å². The van der Waals surface area contributed by atoms with Gasteiger partial charge in [-0.05, 0) is 73.8 Å². The third-order valence-electron chi connectivity index (χ3n) is 8.18. The van der Waals surface area contributed by atoms with Gasteiger partial charge in [0.05, 0.1) is 7.11 Å². The van der Waals surface area contributed by atoms with Crippen molar-refractivity contribution in [3.63, 3.8) is 0 Å². The van der Waals surface area contributed by atoms with E-state index >= 15 is 0 Å². The summed E-state index contributed by atoms with van der Waals surface area (Å²) in [6.07, 6.45) is 5.37. The van der Waals surface area contributed by atoms with Crippen molar-refractivity contribution in [3.8, 4) is 5.75 Å². The van der Waals surface area contributed by atoms with E-state index in [0.29, 0.717) is 31.6 Å². The van der Waals surface area contributed by atoms with Crippen LogP contribution in [0.2, 0.25) is 0 Å². The third-order valence-corrected chi connectivity index (χ3v) is 8.18. The van der Waals surface area contributed by atoms with Gasteiger partial charge in [-0.3, -0.25) is 14.4 Å². The van der Waals surface area contributed by atoms with Gasteiger partial charge in [0.1, 0.15) is 5.75 Å². The van der Waals surface area contributed by atoms with E-state index in [4.69, 9.17) is 4.74 Å². The summed E-state index contributed by atoms with van der Waals surface area (Å²) >= 11 is 0. The van der Waals surface area contributed by atoms with Gasteiger partial charge < -0.3 is 19.9 Å². The molecular formula is C33H45N3O4. The van der Waals surface area contributed by atoms with Gasteiger partial charge >= 0.3 is 0 Å². The molecular weight excluding hydrogens is 502 g/mol. The first-order chi connectivity index (χ1) is 19.1. The molecule has 0 aromatic heterocycles. The first-order valence-electron chi connectivity index (χ1n) is 14.7. The molecule has 1 saturated heterocycles. The molecule has 7 heteroatoms. The number of nitrogens with one attached hydrogen (secondary N) is 1. The lowest BCUT2D eigenvalue weighted by Crippen LogP contribution is -2.48. The number of carbonyl (C=O) groups is 3. The number of carbonyl (C=O) groups excluding carboxylic acids is 3. The molecule has 7 nitrogen and oxygen atoms in total. The predicted octanol–water partition coefficient (Wildman–Crippen LogP) is 5.44. The van der Waals surface area contributed by atoms with E-state index in [1.807, 2.05) is 52.3 Å². The highest BCUT2D eigenvalue weighted by atomic mass is 16.5. The van der Waals surface area contributed by atoms with Crippen molar-refractivity contribution < 1.29 is 19.1 Å². The van der Waals surface area contributed by atoms with E-state index in [2.05, 4.69) is 38.2 Å². The van der Waals surface area contributed by atoms with E-state index in [0.717, 1.165) is 49.8 Å². The fraction of sp³-hybridized carbons (Fsp3) is 0.545. The molecule has 0 bridgehead atoms. The molecule has 2 aromatic carbocycles. The van der Waals surface area contributed by atoms with Crippen LogP contribution < -0.4 is 10.1 Å². The predicted molar refractivity (Wildman–Crippen MR) is 157 cm³/mol. The van der Waals surface area contributed by atoms with Gasteiger partial charge in [-0.1, -0.05) is 51.1 Å². The Kier molecular flexibility index (Phi) is 9.88. The van der Waals surface area contributed by atoms with Crippen molar-refractivity contribution in [2.75, 3.05) is 20.2 Å². The smallest absolute Gasteiger partial charge is 0.254 e. The monoisotopic (exact) mass is 547 g/mol. The van der Waals surface area contributed by atoms with E-state index in [1.54, 1.807) is 7.11 Å². The largest absolute Gasteiger partial charge is 0.497 e. The molecule has 4 rings (SSSR count). The van der Waals surface area contributed by atoms with Crippen LogP contribution in [0.4, 0.5) is 0 Å². The highest BCUT2D eigenvalue weighted by Gasteiger charge is 2.33. The Balaban J connectivity index is 1.31. The Hall–Kier alpha value is -3.35. The van der Waals surface area contributed by atoms with Gasteiger partial charge in [0, 0.05) is 49.6 Å². The average molecular weight is 548 g/mol. The van der Waals surface area contributed by atoms with Gasteiger partial charge in [-0.25, -0.2) is 0 Å². The number of rotatable bonds is 8. The Morgan fingerprint density at radius 3 is 2.10 bits per heavy atom. The van der Waals surface area contributed by atoms with Crippen LogP contribution in [-0.4, -0.2) is 59.8 Å². The zero-order valence-electron chi connectivity index (χ0n) is 24.5. The first kappa shape index (κ1) is 29.6. The van der Waals surface area contributed by atoms with Crippen molar-refractivity contribution >= 4 is 17.7 Å². The maximum atomic E-state index is 13.7. The number of nitrogens with zero attached hydrogens (tertiary/aromatic N) is 2. The van der Waals surface area contributed by atoms with Crippen LogP contribution in [0.25, 0.3) is 0 Å². The summed E-state index contributed by atoms with van der Waals surface area (Å²) in [5.74, 6) is 1.01. The molecule has 1 heterocycles. The fourth-order valence-electron chi connectivity index (χ4n) is 5.85. The molecule has 40 heavy (non-hydrogen) atoms. The van der Waals surface area contributed by atoms with Crippen LogP contribution in [0.3, 0.4) is 0 Å². The maximum absolute atomic E-state index is 13.7. The summed E-state index contributed by atoms with van der Waals surface area (Å²) in [6, 6.07) is 17.6. The molecule has 0 spiro atoms. The standard InChI is InChI=1S/C33H45N3O4/c1-33(2,3)22-30(37)35-20-18-25(19-21-35)31(38)34-27-12-14-28(15-13-27)36(23-24-8-6-5-7-9-24)32(39)26-10-16-29(40-4)17-11-26/h5-11,16-17,25,27-28H,12-15,18-23H2,1-4H3,(H,34,38). The lowest BCUT2D eigenvalue weighted by atomic mass is 9.88. The van der Waals surface area contributed by atoms with Crippen LogP contribution in [0.5, 0.6) is 5.75 Å². The normalized spacial score (nSPS) is 20.1. The van der Waals surface area contributed by atoms with Crippen molar-refractivity contribution in [3.05, 3.63) is 65.7 Å². The maximum Gasteiger partial charge on any atom is 0.254 e. The van der Waals surface area contributed by atoms with Crippen LogP contribution in [0.15, 0.2) is 54.6 Å². The molecule has 3 amide bonds.